The van der Waals surface area contributed by atoms with Gasteiger partial charge in [-0.2, -0.15) is 11.8 Å². The van der Waals surface area contributed by atoms with Crippen molar-refractivity contribution in [1.82, 2.24) is 0 Å². The maximum Gasteiger partial charge on any atom is 0.0178 e. The molecule has 0 aliphatic carbocycles. The second-order valence-corrected chi connectivity index (χ2v) is 4.66. The van der Waals surface area contributed by atoms with Crippen LogP contribution in [-0.2, 0) is 6.54 Å². The normalized spacial score (nSPS) is 22.1. The molecule has 1 fully saturated rings. The van der Waals surface area contributed by atoms with E-state index in [1.54, 1.807) is 0 Å². The second-order valence-electron chi connectivity index (χ2n) is 3.51. The highest BCUT2D eigenvalue weighted by Crippen LogP contribution is 2.32. The van der Waals surface area contributed by atoms with Crippen molar-refractivity contribution in [3.8, 4) is 0 Å². The molecule has 1 aliphatic heterocycles. The Morgan fingerprint density at radius 3 is 2.62 bits per heavy atom. The Balaban J connectivity index is 2.12. The summed E-state index contributed by atoms with van der Waals surface area (Å²) in [7, 11) is 0. The van der Waals surface area contributed by atoms with Crippen LogP contribution in [0.5, 0.6) is 0 Å². The Morgan fingerprint density at radius 1 is 1.31 bits per heavy atom. The van der Waals surface area contributed by atoms with Gasteiger partial charge in [-0.3, -0.25) is 0 Å². The number of rotatable bonds is 2. The summed E-state index contributed by atoms with van der Waals surface area (Å²) < 4.78 is 0. The molecule has 2 N–H and O–H groups in total. The fraction of sp³-hybridized carbons (Fsp3) is 0.455. The zero-order valence-electron chi connectivity index (χ0n) is 7.70. The molecule has 1 aliphatic rings. The standard InChI is InChI=1S/C11H15NS/c12-7-9-1-3-10(4-2-9)11-5-6-13-8-11/h1-4,11H,5-8,12H2. The first-order chi connectivity index (χ1) is 6.40. The number of thioether (sulfide) groups is 1. The van der Waals surface area contributed by atoms with E-state index in [9.17, 15) is 0 Å². The summed E-state index contributed by atoms with van der Waals surface area (Å²) in [6.07, 6.45) is 1.34. The SMILES string of the molecule is NCc1ccc(C2CCSC2)cc1. The molecule has 1 heterocycles. The maximum absolute atomic E-state index is 5.55. The van der Waals surface area contributed by atoms with E-state index in [1.807, 2.05) is 0 Å². The Morgan fingerprint density at radius 2 is 2.08 bits per heavy atom. The molecule has 0 saturated carbocycles. The van der Waals surface area contributed by atoms with Gasteiger partial charge in [0.2, 0.25) is 0 Å². The highest BCUT2D eigenvalue weighted by Gasteiger charge is 2.16. The van der Waals surface area contributed by atoms with Gasteiger partial charge in [-0.25, -0.2) is 0 Å². The maximum atomic E-state index is 5.55. The van der Waals surface area contributed by atoms with Crippen LogP contribution in [0.4, 0.5) is 0 Å². The van der Waals surface area contributed by atoms with Crippen molar-refractivity contribution in [3.05, 3.63) is 35.4 Å². The minimum atomic E-state index is 0.652. The summed E-state index contributed by atoms with van der Waals surface area (Å²) >= 11 is 2.06. The van der Waals surface area contributed by atoms with Gasteiger partial charge < -0.3 is 5.73 Å². The topological polar surface area (TPSA) is 26.0 Å². The van der Waals surface area contributed by atoms with Gasteiger partial charge in [-0.1, -0.05) is 24.3 Å². The summed E-state index contributed by atoms with van der Waals surface area (Å²) in [6, 6.07) is 8.77. The Bertz CT molecular complexity index is 262. The van der Waals surface area contributed by atoms with E-state index in [-0.39, 0.29) is 0 Å². The van der Waals surface area contributed by atoms with E-state index < -0.39 is 0 Å². The third-order valence-electron chi connectivity index (χ3n) is 2.62. The molecule has 1 aromatic carbocycles. The van der Waals surface area contributed by atoms with Crippen molar-refractivity contribution in [2.45, 2.75) is 18.9 Å². The summed E-state index contributed by atoms with van der Waals surface area (Å²) in [4.78, 5) is 0. The van der Waals surface area contributed by atoms with E-state index in [2.05, 4.69) is 36.0 Å². The number of nitrogens with two attached hydrogens (primary N) is 1. The first kappa shape index (κ1) is 9.10. The van der Waals surface area contributed by atoms with Crippen LogP contribution in [-0.4, -0.2) is 11.5 Å². The molecule has 0 radical (unpaired) electrons. The first-order valence-electron chi connectivity index (χ1n) is 4.77. The van der Waals surface area contributed by atoms with Crippen LogP contribution < -0.4 is 5.73 Å². The Kier molecular flexibility index (Phi) is 2.91. The van der Waals surface area contributed by atoms with Gasteiger partial charge in [0, 0.05) is 12.3 Å². The summed E-state index contributed by atoms with van der Waals surface area (Å²) in [6.45, 7) is 0.652. The third-order valence-corrected chi connectivity index (χ3v) is 3.78. The van der Waals surface area contributed by atoms with Crippen LogP contribution in [0.2, 0.25) is 0 Å². The van der Waals surface area contributed by atoms with Gasteiger partial charge in [0.15, 0.2) is 0 Å². The molecule has 1 atom stereocenters. The van der Waals surface area contributed by atoms with Crippen molar-refractivity contribution >= 4 is 11.8 Å². The molecular formula is C11H15NS. The molecule has 70 valence electrons. The van der Waals surface area contributed by atoms with Gasteiger partial charge in [-0.15, -0.1) is 0 Å². The summed E-state index contributed by atoms with van der Waals surface area (Å²) in [5.41, 5.74) is 8.27. The summed E-state index contributed by atoms with van der Waals surface area (Å²) in [5, 5.41) is 0. The average molecular weight is 193 g/mol. The number of hydrogen-bond acceptors (Lipinski definition) is 2. The fourth-order valence-electron chi connectivity index (χ4n) is 1.72. The predicted molar refractivity (Wildman–Crippen MR) is 59.0 cm³/mol. The van der Waals surface area contributed by atoms with E-state index in [0.717, 1.165) is 5.92 Å². The molecule has 2 rings (SSSR count). The average Bonchev–Trinajstić information content (AvgIpc) is 2.71. The van der Waals surface area contributed by atoms with Gasteiger partial charge in [0.05, 0.1) is 0 Å². The molecule has 1 unspecified atom stereocenters. The predicted octanol–water partition coefficient (Wildman–Crippen LogP) is 2.37. The lowest BCUT2D eigenvalue weighted by atomic mass is 9.98. The van der Waals surface area contributed by atoms with E-state index in [0.29, 0.717) is 6.54 Å². The van der Waals surface area contributed by atoms with Gasteiger partial charge >= 0.3 is 0 Å². The van der Waals surface area contributed by atoms with Crippen LogP contribution in [0.25, 0.3) is 0 Å². The zero-order chi connectivity index (χ0) is 9.10. The van der Waals surface area contributed by atoms with Gasteiger partial charge in [-0.05, 0) is 29.2 Å². The summed E-state index contributed by atoms with van der Waals surface area (Å²) in [5.74, 6) is 3.41. The van der Waals surface area contributed by atoms with Crippen molar-refractivity contribution in [2.24, 2.45) is 5.73 Å². The quantitative estimate of drug-likeness (QED) is 0.780. The minimum absolute atomic E-state index is 0.652. The molecule has 13 heavy (non-hydrogen) atoms. The monoisotopic (exact) mass is 193 g/mol. The second kappa shape index (κ2) is 4.16. The molecule has 1 aromatic rings. The molecule has 0 bridgehead atoms. The van der Waals surface area contributed by atoms with Crippen molar-refractivity contribution in [2.75, 3.05) is 11.5 Å². The minimum Gasteiger partial charge on any atom is -0.326 e. The van der Waals surface area contributed by atoms with Crippen LogP contribution in [0, 0.1) is 0 Å². The van der Waals surface area contributed by atoms with Gasteiger partial charge in [0.1, 0.15) is 0 Å². The lowest BCUT2D eigenvalue weighted by Gasteiger charge is -2.08. The molecule has 0 spiro atoms. The first-order valence-corrected chi connectivity index (χ1v) is 5.92. The lowest BCUT2D eigenvalue weighted by molar-refractivity contribution is 0.781. The molecular weight excluding hydrogens is 178 g/mol. The highest BCUT2D eigenvalue weighted by molar-refractivity contribution is 7.99. The number of hydrogen-bond donors (Lipinski definition) is 1. The highest BCUT2D eigenvalue weighted by atomic mass is 32.2. The molecule has 1 nitrogen and oxygen atoms in total. The van der Waals surface area contributed by atoms with E-state index in [4.69, 9.17) is 5.73 Å². The smallest absolute Gasteiger partial charge is 0.0178 e. The Hall–Kier alpha value is -0.470. The van der Waals surface area contributed by atoms with Crippen molar-refractivity contribution in [3.63, 3.8) is 0 Å². The van der Waals surface area contributed by atoms with Crippen LogP contribution in [0.3, 0.4) is 0 Å². The molecule has 0 aromatic heterocycles. The Labute approximate surface area is 83.7 Å². The van der Waals surface area contributed by atoms with Crippen LogP contribution in [0.15, 0.2) is 24.3 Å². The van der Waals surface area contributed by atoms with Gasteiger partial charge in [0.25, 0.3) is 0 Å². The zero-order valence-corrected chi connectivity index (χ0v) is 8.52. The molecule has 2 heteroatoms. The molecule has 1 saturated heterocycles. The third kappa shape index (κ3) is 2.06. The largest absolute Gasteiger partial charge is 0.326 e. The van der Waals surface area contributed by atoms with E-state index in [1.165, 1.54) is 29.1 Å². The van der Waals surface area contributed by atoms with Crippen molar-refractivity contribution in [1.29, 1.82) is 0 Å². The lowest BCUT2D eigenvalue weighted by Crippen LogP contribution is -1.99. The number of benzene rings is 1. The molecule has 0 amide bonds. The van der Waals surface area contributed by atoms with Crippen LogP contribution >= 0.6 is 11.8 Å². The fourth-order valence-corrected chi connectivity index (χ4v) is 2.98. The van der Waals surface area contributed by atoms with E-state index >= 15 is 0 Å². The van der Waals surface area contributed by atoms with Crippen LogP contribution in [0.1, 0.15) is 23.5 Å². The van der Waals surface area contributed by atoms with Crippen molar-refractivity contribution < 1.29 is 0 Å².